The van der Waals surface area contributed by atoms with Crippen molar-refractivity contribution >= 4 is 11.9 Å². The third-order valence-electron chi connectivity index (χ3n) is 3.58. The van der Waals surface area contributed by atoms with Gasteiger partial charge in [-0.15, -0.1) is 0 Å². The molecular weight excluding hydrogens is 268 g/mol. The number of nitrogens with zero attached hydrogens (tertiary/aromatic N) is 2. The van der Waals surface area contributed by atoms with Crippen LogP contribution in [0.2, 0.25) is 0 Å². The Morgan fingerprint density at radius 2 is 1.86 bits per heavy atom. The molecule has 0 aromatic carbocycles. The molecule has 0 atom stereocenters. The fraction of sp³-hybridized carbons (Fsp3) is 0.562. The van der Waals surface area contributed by atoms with E-state index in [1.807, 2.05) is 26.0 Å². The van der Waals surface area contributed by atoms with Crippen LogP contribution >= 0.6 is 0 Å². The van der Waals surface area contributed by atoms with E-state index in [0.717, 1.165) is 18.4 Å². The van der Waals surface area contributed by atoms with Crippen molar-refractivity contribution in [3.8, 4) is 0 Å². The Morgan fingerprint density at radius 1 is 1.24 bits per heavy atom. The van der Waals surface area contributed by atoms with Crippen molar-refractivity contribution in [3.05, 3.63) is 30.1 Å². The molecule has 0 aliphatic heterocycles. The van der Waals surface area contributed by atoms with Crippen molar-refractivity contribution in [2.45, 2.75) is 39.7 Å². The predicted molar refractivity (Wildman–Crippen MR) is 80.4 cm³/mol. The maximum Gasteiger partial charge on any atom is 0.307 e. The molecule has 0 saturated heterocycles. The molecule has 1 rings (SSSR count). The van der Waals surface area contributed by atoms with E-state index in [1.54, 1.807) is 17.3 Å². The van der Waals surface area contributed by atoms with Gasteiger partial charge in [0.15, 0.2) is 0 Å². The highest BCUT2D eigenvalue weighted by molar-refractivity contribution is 5.79. The fourth-order valence-corrected chi connectivity index (χ4v) is 2.20. The highest BCUT2D eigenvalue weighted by atomic mass is 16.5. The van der Waals surface area contributed by atoms with E-state index >= 15 is 0 Å². The van der Waals surface area contributed by atoms with Crippen LogP contribution in [-0.4, -0.2) is 35.4 Å². The summed E-state index contributed by atoms with van der Waals surface area (Å²) in [6.07, 6.45) is 5.24. The highest BCUT2D eigenvalue weighted by Gasteiger charge is 2.22. The number of carbonyl (C=O) groups excluding carboxylic acids is 2. The van der Waals surface area contributed by atoms with Crippen molar-refractivity contribution in [1.82, 2.24) is 9.88 Å². The highest BCUT2D eigenvalue weighted by Crippen LogP contribution is 2.15. The normalized spacial score (nSPS) is 10.5. The monoisotopic (exact) mass is 292 g/mol. The first-order valence-electron chi connectivity index (χ1n) is 7.36. The van der Waals surface area contributed by atoms with Gasteiger partial charge in [-0.05, 0) is 30.5 Å². The van der Waals surface area contributed by atoms with E-state index in [-0.39, 0.29) is 24.2 Å². The van der Waals surface area contributed by atoms with E-state index in [4.69, 9.17) is 0 Å². The van der Waals surface area contributed by atoms with Crippen molar-refractivity contribution in [1.29, 1.82) is 0 Å². The molecule has 0 spiro atoms. The van der Waals surface area contributed by atoms with Crippen LogP contribution < -0.4 is 0 Å². The van der Waals surface area contributed by atoms with Crippen molar-refractivity contribution in [2.75, 3.05) is 13.7 Å². The number of methoxy groups -OCH3 is 1. The number of rotatable bonds is 8. The van der Waals surface area contributed by atoms with Gasteiger partial charge < -0.3 is 9.64 Å². The molecular formula is C16H24N2O3. The van der Waals surface area contributed by atoms with Crippen LogP contribution in [0, 0.1) is 5.92 Å². The van der Waals surface area contributed by atoms with Crippen LogP contribution in [-0.2, 0) is 20.9 Å². The Hall–Kier alpha value is -1.91. The summed E-state index contributed by atoms with van der Waals surface area (Å²) < 4.78 is 4.66. The third-order valence-corrected chi connectivity index (χ3v) is 3.58. The van der Waals surface area contributed by atoms with Crippen LogP contribution in [0.5, 0.6) is 0 Å². The lowest BCUT2D eigenvalue weighted by Gasteiger charge is -2.26. The number of aromatic nitrogens is 1. The molecule has 0 N–H and O–H groups in total. The van der Waals surface area contributed by atoms with Crippen LogP contribution in [0.3, 0.4) is 0 Å². The van der Waals surface area contributed by atoms with E-state index in [1.165, 1.54) is 7.11 Å². The fourth-order valence-electron chi connectivity index (χ4n) is 2.20. The SMILES string of the molecule is CCC(CC)C(=O)N(CCC(=O)OC)Cc1ccncc1. The molecule has 1 amide bonds. The van der Waals surface area contributed by atoms with Gasteiger partial charge in [-0.25, -0.2) is 0 Å². The molecule has 116 valence electrons. The smallest absolute Gasteiger partial charge is 0.307 e. The van der Waals surface area contributed by atoms with Crippen LogP contribution in [0.25, 0.3) is 0 Å². The number of esters is 1. The number of hydrogen-bond acceptors (Lipinski definition) is 4. The molecule has 21 heavy (non-hydrogen) atoms. The van der Waals surface area contributed by atoms with Gasteiger partial charge in [0.2, 0.25) is 5.91 Å². The summed E-state index contributed by atoms with van der Waals surface area (Å²) in [4.78, 5) is 29.6. The maximum absolute atomic E-state index is 12.6. The second-order valence-electron chi connectivity index (χ2n) is 4.95. The molecule has 5 heteroatoms. The number of pyridine rings is 1. The Labute approximate surface area is 126 Å². The van der Waals surface area contributed by atoms with E-state index < -0.39 is 0 Å². The lowest BCUT2D eigenvalue weighted by molar-refractivity contribution is -0.142. The first-order valence-corrected chi connectivity index (χ1v) is 7.36. The van der Waals surface area contributed by atoms with Crippen molar-refractivity contribution in [3.63, 3.8) is 0 Å². The summed E-state index contributed by atoms with van der Waals surface area (Å²) >= 11 is 0. The summed E-state index contributed by atoms with van der Waals surface area (Å²) in [7, 11) is 1.36. The Balaban J connectivity index is 2.78. The predicted octanol–water partition coefficient (Wildman–Crippen LogP) is 2.41. The molecule has 1 aromatic heterocycles. The van der Waals surface area contributed by atoms with Gasteiger partial charge in [0.1, 0.15) is 0 Å². The van der Waals surface area contributed by atoms with Gasteiger partial charge >= 0.3 is 5.97 Å². The standard InChI is InChI=1S/C16H24N2O3/c1-4-14(5-2)16(20)18(11-8-15(19)21-3)12-13-6-9-17-10-7-13/h6-7,9-10,14H,4-5,8,11-12H2,1-3H3. The molecule has 1 aromatic rings. The molecule has 0 bridgehead atoms. The average Bonchev–Trinajstić information content (AvgIpc) is 2.53. The topological polar surface area (TPSA) is 59.5 Å². The van der Waals surface area contributed by atoms with Crippen LogP contribution in [0.15, 0.2) is 24.5 Å². The summed E-state index contributed by atoms with van der Waals surface area (Å²) in [5.41, 5.74) is 1.01. The Kier molecular flexibility index (Phi) is 7.43. The number of hydrogen-bond donors (Lipinski definition) is 0. The molecule has 0 fully saturated rings. The zero-order valence-corrected chi connectivity index (χ0v) is 13.0. The van der Waals surface area contributed by atoms with Crippen molar-refractivity contribution in [2.24, 2.45) is 5.92 Å². The first-order chi connectivity index (χ1) is 10.1. The quantitative estimate of drug-likeness (QED) is 0.690. The molecule has 0 aliphatic carbocycles. The molecule has 1 heterocycles. The summed E-state index contributed by atoms with van der Waals surface area (Å²) in [6.45, 7) is 4.90. The van der Waals surface area contributed by atoms with Crippen LogP contribution in [0.1, 0.15) is 38.7 Å². The summed E-state index contributed by atoms with van der Waals surface area (Å²) in [6, 6.07) is 3.76. The lowest BCUT2D eigenvalue weighted by atomic mass is 10.0. The van der Waals surface area contributed by atoms with E-state index in [9.17, 15) is 9.59 Å². The van der Waals surface area contributed by atoms with Gasteiger partial charge in [0, 0.05) is 31.4 Å². The lowest BCUT2D eigenvalue weighted by Crippen LogP contribution is -2.37. The Morgan fingerprint density at radius 3 is 2.38 bits per heavy atom. The second-order valence-corrected chi connectivity index (χ2v) is 4.95. The molecule has 5 nitrogen and oxygen atoms in total. The van der Waals surface area contributed by atoms with Gasteiger partial charge in [-0.1, -0.05) is 13.8 Å². The summed E-state index contributed by atoms with van der Waals surface area (Å²) in [5, 5.41) is 0. The van der Waals surface area contributed by atoms with Crippen LogP contribution in [0.4, 0.5) is 0 Å². The zero-order valence-electron chi connectivity index (χ0n) is 13.0. The van der Waals surface area contributed by atoms with Gasteiger partial charge in [0.05, 0.1) is 13.5 Å². The minimum absolute atomic E-state index is 0.00415. The molecule has 0 unspecified atom stereocenters. The van der Waals surface area contributed by atoms with Gasteiger partial charge in [-0.2, -0.15) is 0 Å². The van der Waals surface area contributed by atoms with E-state index in [2.05, 4.69) is 9.72 Å². The summed E-state index contributed by atoms with van der Waals surface area (Å²) in [5.74, 6) is -0.197. The van der Waals surface area contributed by atoms with Gasteiger partial charge in [-0.3, -0.25) is 14.6 Å². The first kappa shape index (κ1) is 17.1. The van der Waals surface area contributed by atoms with Gasteiger partial charge in [0.25, 0.3) is 0 Å². The number of carbonyl (C=O) groups is 2. The second kappa shape index (κ2) is 9.10. The number of amides is 1. The van der Waals surface area contributed by atoms with E-state index in [0.29, 0.717) is 13.1 Å². The third kappa shape index (κ3) is 5.53. The molecule has 0 saturated carbocycles. The molecule has 0 radical (unpaired) electrons. The zero-order chi connectivity index (χ0) is 15.7. The minimum Gasteiger partial charge on any atom is -0.469 e. The van der Waals surface area contributed by atoms with Crippen molar-refractivity contribution < 1.29 is 14.3 Å². The largest absolute Gasteiger partial charge is 0.469 e. The number of ether oxygens (including phenoxy) is 1. The minimum atomic E-state index is -0.299. The average molecular weight is 292 g/mol. The molecule has 0 aliphatic rings. The Bertz CT molecular complexity index is 444. The maximum atomic E-state index is 12.6.